The molecule has 0 radical (unpaired) electrons. The Hall–Kier alpha value is -3.02. The molecule has 0 aliphatic heterocycles. The van der Waals surface area contributed by atoms with E-state index in [2.05, 4.69) is 20.1 Å². The second-order valence-corrected chi connectivity index (χ2v) is 5.74. The summed E-state index contributed by atoms with van der Waals surface area (Å²) in [4.78, 5) is 24.6. The molecular weight excluding hydrogens is 290 g/mol. The molecule has 0 saturated heterocycles. The van der Waals surface area contributed by atoms with Crippen LogP contribution in [0.2, 0.25) is 0 Å². The van der Waals surface area contributed by atoms with Crippen molar-refractivity contribution >= 4 is 16.7 Å². The molecule has 0 atom stereocenters. The highest BCUT2D eigenvalue weighted by molar-refractivity contribution is 5.94. The topological polar surface area (TPSA) is 75.9 Å². The number of fused-ring (bicyclic) bond motifs is 2. The summed E-state index contributed by atoms with van der Waals surface area (Å²) in [6.45, 7) is 4.00. The second-order valence-electron chi connectivity index (χ2n) is 5.74. The quantitative estimate of drug-likeness (QED) is 0.618. The van der Waals surface area contributed by atoms with Gasteiger partial charge in [0.25, 0.3) is 5.56 Å². The molecule has 0 spiro atoms. The Labute approximate surface area is 131 Å². The maximum Gasteiger partial charge on any atom is 0.279 e. The van der Waals surface area contributed by atoms with Crippen LogP contribution in [0.15, 0.2) is 47.7 Å². The molecule has 1 N–H and O–H groups in total. The average Bonchev–Trinajstić information content (AvgIpc) is 3.02. The number of para-hydroxylation sites is 1. The first kappa shape index (κ1) is 13.6. The highest BCUT2D eigenvalue weighted by atomic mass is 16.1. The lowest BCUT2D eigenvalue weighted by atomic mass is 9.96. The first-order valence-electron chi connectivity index (χ1n) is 7.47. The smallest absolute Gasteiger partial charge is 0.279 e. The van der Waals surface area contributed by atoms with Gasteiger partial charge in [0.15, 0.2) is 0 Å². The van der Waals surface area contributed by atoms with Gasteiger partial charge in [-0.05, 0) is 18.1 Å². The third-order valence-corrected chi connectivity index (χ3v) is 3.97. The number of nitrogens with zero attached hydrogens (tertiary/aromatic N) is 4. The molecule has 0 unspecified atom stereocenters. The number of rotatable bonds is 2. The van der Waals surface area contributed by atoms with E-state index in [0.29, 0.717) is 11.3 Å². The summed E-state index contributed by atoms with van der Waals surface area (Å²) in [7, 11) is 0. The largest absolute Gasteiger partial charge is 0.323 e. The molecule has 114 valence electrons. The van der Waals surface area contributed by atoms with Crippen molar-refractivity contribution in [3.05, 3.63) is 58.8 Å². The summed E-state index contributed by atoms with van der Waals surface area (Å²) in [5, 5.41) is 5.00. The molecule has 0 aliphatic carbocycles. The number of aromatic nitrogens is 5. The predicted molar refractivity (Wildman–Crippen MR) is 88.4 cm³/mol. The third kappa shape index (κ3) is 2.03. The van der Waals surface area contributed by atoms with Gasteiger partial charge in [0.2, 0.25) is 5.78 Å². The molecule has 0 saturated carbocycles. The minimum atomic E-state index is -0.137. The van der Waals surface area contributed by atoms with Gasteiger partial charge < -0.3 is 4.98 Å². The van der Waals surface area contributed by atoms with E-state index < -0.39 is 0 Å². The Balaban J connectivity index is 2.16. The lowest BCUT2D eigenvalue weighted by molar-refractivity contribution is 0.797. The summed E-state index contributed by atoms with van der Waals surface area (Å²) < 4.78 is 1.31. The Bertz CT molecular complexity index is 1070. The Kier molecular flexibility index (Phi) is 2.97. The number of pyridine rings is 1. The molecule has 6 nitrogen and oxygen atoms in total. The molecule has 0 fully saturated rings. The van der Waals surface area contributed by atoms with Crippen molar-refractivity contribution in [2.45, 2.75) is 19.8 Å². The van der Waals surface area contributed by atoms with E-state index in [1.54, 1.807) is 6.20 Å². The molecule has 1 aromatic carbocycles. The molecular formula is C17H15N5O. The van der Waals surface area contributed by atoms with E-state index in [1.165, 1.54) is 10.8 Å². The van der Waals surface area contributed by atoms with E-state index >= 15 is 0 Å². The Morgan fingerprint density at radius 1 is 1.13 bits per heavy atom. The number of nitrogens with one attached hydrogen (secondary N) is 1. The summed E-state index contributed by atoms with van der Waals surface area (Å²) in [6, 6.07) is 9.81. The van der Waals surface area contributed by atoms with Gasteiger partial charge in [0.1, 0.15) is 6.33 Å². The van der Waals surface area contributed by atoms with Crippen LogP contribution in [0.4, 0.5) is 0 Å². The van der Waals surface area contributed by atoms with Gasteiger partial charge in [-0.1, -0.05) is 32.0 Å². The molecule has 6 heteroatoms. The SMILES string of the molecule is CC(C)c1c(-c2ccnc3ccccc23)[nH]c2ncnn2c1=O. The fourth-order valence-electron chi connectivity index (χ4n) is 2.94. The maximum absolute atomic E-state index is 12.8. The minimum Gasteiger partial charge on any atom is -0.323 e. The van der Waals surface area contributed by atoms with Gasteiger partial charge in [-0.25, -0.2) is 0 Å². The van der Waals surface area contributed by atoms with Gasteiger partial charge in [0, 0.05) is 22.7 Å². The van der Waals surface area contributed by atoms with Crippen LogP contribution in [0.3, 0.4) is 0 Å². The molecule has 3 aromatic heterocycles. The zero-order valence-electron chi connectivity index (χ0n) is 12.8. The van der Waals surface area contributed by atoms with E-state index in [-0.39, 0.29) is 11.5 Å². The number of benzene rings is 1. The third-order valence-electron chi connectivity index (χ3n) is 3.97. The average molecular weight is 305 g/mol. The number of hydrogen-bond acceptors (Lipinski definition) is 4. The van der Waals surface area contributed by atoms with E-state index in [9.17, 15) is 4.79 Å². The summed E-state index contributed by atoms with van der Waals surface area (Å²) in [6.07, 6.45) is 3.14. The summed E-state index contributed by atoms with van der Waals surface area (Å²) in [5.74, 6) is 0.490. The van der Waals surface area contributed by atoms with Crippen LogP contribution in [0.5, 0.6) is 0 Å². The van der Waals surface area contributed by atoms with Crippen molar-refractivity contribution in [2.24, 2.45) is 0 Å². The lowest BCUT2D eigenvalue weighted by Gasteiger charge is -2.14. The van der Waals surface area contributed by atoms with Gasteiger partial charge in [-0.2, -0.15) is 14.6 Å². The lowest BCUT2D eigenvalue weighted by Crippen LogP contribution is -2.22. The van der Waals surface area contributed by atoms with Gasteiger partial charge in [-0.15, -0.1) is 0 Å². The van der Waals surface area contributed by atoms with Crippen LogP contribution in [0.25, 0.3) is 27.9 Å². The Morgan fingerprint density at radius 2 is 1.96 bits per heavy atom. The number of H-pyrrole nitrogens is 1. The highest BCUT2D eigenvalue weighted by Crippen LogP contribution is 2.30. The fraction of sp³-hybridized carbons (Fsp3) is 0.176. The molecule has 0 amide bonds. The monoisotopic (exact) mass is 305 g/mol. The first-order valence-corrected chi connectivity index (χ1v) is 7.47. The van der Waals surface area contributed by atoms with Crippen LogP contribution in [-0.2, 0) is 0 Å². The molecule has 4 rings (SSSR count). The molecule has 3 heterocycles. The van der Waals surface area contributed by atoms with Crippen LogP contribution in [-0.4, -0.2) is 24.6 Å². The molecule has 0 aliphatic rings. The van der Waals surface area contributed by atoms with Gasteiger partial charge >= 0.3 is 0 Å². The van der Waals surface area contributed by atoms with Crippen molar-refractivity contribution in [2.75, 3.05) is 0 Å². The Morgan fingerprint density at radius 3 is 2.78 bits per heavy atom. The van der Waals surface area contributed by atoms with E-state index in [0.717, 1.165) is 22.2 Å². The van der Waals surface area contributed by atoms with Crippen molar-refractivity contribution < 1.29 is 0 Å². The molecule has 23 heavy (non-hydrogen) atoms. The molecule has 4 aromatic rings. The summed E-state index contributed by atoms with van der Waals surface area (Å²) in [5.41, 5.74) is 3.18. The highest BCUT2D eigenvalue weighted by Gasteiger charge is 2.19. The van der Waals surface area contributed by atoms with Crippen LogP contribution >= 0.6 is 0 Å². The van der Waals surface area contributed by atoms with Crippen molar-refractivity contribution in [1.29, 1.82) is 0 Å². The fourth-order valence-corrected chi connectivity index (χ4v) is 2.94. The minimum absolute atomic E-state index is 0.0503. The predicted octanol–water partition coefficient (Wildman–Crippen LogP) is 2.76. The zero-order valence-corrected chi connectivity index (χ0v) is 12.8. The number of aromatic amines is 1. The van der Waals surface area contributed by atoms with Gasteiger partial charge in [-0.3, -0.25) is 9.78 Å². The first-order chi connectivity index (χ1) is 11.2. The zero-order chi connectivity index (χ0) is 16.0. The molecule has 0 bridgehead atoms. The number of hydrogen-bond donors (Lipinski definition) is 1. The van der Waals surface area contributed by atoms with Crippen molar-refractivity contribution in [3.63, 3.8) is 0 Å². The summed E-state index contributed by atoms with van der Waals surface area (Å²) >= 11 is 0. The van der Waals surface area contributed by atoms with Crippen LogP contribution in [0.1, 0.15) is 25.3 Å². The normalized spacial score (nSPS) is 11.6. The van der Waals surface area contributed by atoms with E-state index in [4.69, 9.17) is 0 Å². The van der Waals surface area contributed by atoms with Crippen LogP contribution in [0, 0.1) is 0 Å². The maximum atomic E-state index is 12.8. The van der Waals surface area contributed by atoms with Gasteiger partial charge in [0.05, 0.1) is 11.2 Å². The second kappa shape index (κ2) is 5.01. The van der Waals surface area contributed by atoms with Crippen molar-refractivity contribution in [3.8, 4) is 11.3 Å². The standard InChI is InChI=1S/C17H15N5O/c1-10(2)14-15(21-17-19-9-20-22(17)16(14)23)12-7-8-18-13-6-4-3-5-11(12)13/h3-10H,1-2H3,(H,19,20,21). The van der Waals surface area contributed by atoms with Crippen LogP contribution < -0.4 is 5.56 Å². The van der Waals surface area contributed by atoms with E-state index in [1.807, 2.05) is 44.2 Å². The van der Waals surface area contributed by atoms with Crippen molar-refractivity contribution in [1.82, 2.24) is 24.6 Å².